The number of aryl methyl sites for hydroxylation is 2. The van der Waals surface area contributed by atoms with Gasteiger partial charge in [-0.15, -0.1) is 10.2 Å². The van der Waals surface area contributed by atoms with E-state index in [1.807, 2.05) is 31.2 Å². The summed E-state index contributed by atoms with van der Waals surface area (Å²) in [5.41, 5.74) is 1.09. The van der Waals surface area contributed by atoms with Crippen LogP contribution in [-0.2, 0) is 9.53 Å². The van der Waals surface area contributed by atoms with E-state index in [2.05, 4.69) is 10.2 Å². The number of carbonyl (C=O) groups excluding carboxylic acids is 1. The minimum atomic E-state index is -0.382. The zero-order valence-electron chi connectivity index (χ0n) is 13.2. The van der Waals surface area contributed by atoms with Gasteiger partial charge < -0.3 is 18.8 Å². The Hall–Kier alpha value is -2.41. The average Bonchev–Trinajstić information content (AvgIpc) is 2.99. The standard InChI is InChI=1S/C16H19N3O4/c1-11-4-3-5-13(8-11)22-10-15(20)19-6-7-21-14(9-19)16-18-17-12(2)23-16/h3-5,8,14H,6-7,9-10H2,1-2H3. The quantitative estimate of drug-likeness (QED) is 0.853. The van der Waals surface area contributed by atoms with Crippen molar-refractivity contribution in [2.75, 3.05) is 26.3 Å². The number of hydrogen-bond acceptors (Lipinski definition) is 6. The molecule has 7 heteroatoms. The SMILES string of the molecule is Cc1cccc(OCC(=O)N2CCOC(c3nnc(C)o3)C2)c1. The molecule has 0 aliphatic carbocycles. The third-order valence-corrected chi connectivity index (χ3v) is 3.59. The minimum Gasteiger partial charge on any atom is -0.484 e. The molecular formula is C16H19N3O4. The fourth-order valence-electron chi connectivity index (χ4n) is 2.41. The zero-order valence-corrected chi connectivity index (χ0v) is 13.2. The maximum absolute atomic E-state index is 12.3. The van der Waals surface area contributed by atoms with Gasteiger partial charge in [-0.2, -0.15) is 0 Å². The highest BCUT2D eigenvalue weighted by Crippen LogP contribution is 2.21. The number of rotatable bonds is 4. The van der Waals surface area contributed by atoms with E-state index in [9.17, 15) is 4.79 Å². The van der Waals surface area contributed by atoms with E-state index < -0.39 is 0 Å². The second-order valence-corrected chi connectivity index (χ2v) is 5.46. The Morgan fingerprint density at radius 1 is 1.39 bits per heavy atom. The molecule has 1 atom stereocenters. The second-order valence-electron chi connectivity index (χ2n) is 5.46. The Kier molecular flexibility index (Phi) is 4.57. The minimum absolute atomic E-state index is 0.000958. The van der Waals surface area contributed by atoms with Crippen LogP contribution in [0.1, 0.15) is 23.4 Å². The molecule has 1 aromatic carbocycles. The monoisotopic (exact) mass is 317 g/mol. The summed E-state index contributed by atoms with van der Waals surface area (Å²) in [6, 6.07) is 7.62. The molecule has 1 unspecified atom stereocenters. The van der Waals surface area contributed by atoms with E-state index >= 15 is 0 Å². The van der Waals surface area contributed by atoms with Gasteiger partial charge in [-0.25, -0.2) is 0 Å². The first kappa shape index (κ1) is 15.5. The molecule has 1 aliphatic rings. The van der Waals surface area contributed by atoms with Crippen LogP contribution in [0.25, 0.3) is 0 Å². The van der Waals surface area contributed by atoms with E-state index in [-0.39, 0.29) is 18.6 Å². The molecule has 7 nitrogen and oxygen atoms in total. The summed E-state index contributed by atoms with van der Waals surface area (Å²) < 4.78 is 16.5. The Morgan fingerprint density at radius 3 is 3.00 bits per heavy atom. The van der Waals surface area contributed by atoms with Gasteiger partial charge in [-0.3, -0.25) is 4.79 Å². The van der Waals surface area contributed by atoms with E-state index in [0.29, 0.717) is 37.2 Å². The first-order valence-electron chi connectivity index (χ1n) is 7.50. The Labute approximate surface area is 134 Å². The molecule has 0 saturated carbocycles. The molecule has 2 aromatic rings. The van der Waals surface area contributed by atoms with Crippen LogP contribution in [0.5, 0.6) is 5.75 Å². The van der Waals surface area contributed by atoms with Gasteiger partial charge in [0.25, 0.3) is 5.91 Å². The molecule has 1 aliphatic heterocycles. The van der Waals surface area contributed by atoms with Gasteiger partial charge in [-0.1, -0.05) is 12.1 Å². The predicted octanol–water partition coefficient (Wildman–Crippen LogP) is 1.67. The number of carbonyl (C=O) groups is 1. The topological polar surface area (TPSA) is 77.7 Å². The molecule has 3 rings (SSSR count). The fraction of sp³-hybridized carbons (Fsp3) is 0.438. The number of ether oxygens (including phenoxy) is 2. The van der Waals surface area contributed by atoms with Gasteiger partial charge in [0.15, 0.2) is 12.7 Å². The number of morpholine rings is 1. The van der Waals surface area contributed by atoms with Crippen LogP contribution in [-0.4, -0.2) is 47.3 Å². The van der Waals surface area contributed by atoms with E-state index in [1.54, 1.807) is 11.8 Å². The van der Waals surface area contributed by atoms with Crippen molar-refractivity contribution in [3.05, 3.63) is 41.6 Å². The Morgan fingerprint density at radius 2 is 2.26 bits per heavy atom. The van der Waals surface area contributed by atoms with Crippen LogP contribution < -0.4 is 4.74 Å². The predicted molar refractivity (Wildman–Crippen MR) is 81.0 cm³/mol. The van der Waals surface area contributed by atoms with Crippen molar-refractivity contribution in [3.63, 3.8) is 0 Å². The van der Waals surface area contributed by atoms with Crippen molar-refractivity contribution in [2.24, 2.45) is 0 Å². The van der Waals surface area contributed by atoms with E-state index in [4.69, 9.17) is 13.9 Å². The normalized spacial score (nSPS) is 18.0. The summed E-state index contributed by atoms with van der Waals surface area (Å²) in [4.78, 5) is 14.0. The summed E-state index contributed by atoms with van der Waals surface area (Å²) >= 11 is 0. The molecule has 1 saturated heterocycles. The molecule has 0 N–H and O–H groups in total. The molecule has 0 bridgehead atoms. The molecule has 1 aromatic heterocycles. The first-order chi connectivity index (χ1) is 11.1. The second kappa shape index (κ2) is 6.78. The molecular weight excluding hydrogens is 298 g/mol. The van der Waals surface area contributed by atoms with Gasteiger partial charge >= 0.3 is 0 Å². The molecule has 2 heterocycles. The number of benzene rings is 1. The highest BCUT2D eigenvalue weighted by Gasteiger charge is 2.29. The third kappa shape index (κ3) is 3.87. The van der Waals surface area contributed by atoms with Crippen LogP contribution in [0.4, 0.5) is 0 Å². The molecule has 23 heavy (non-hydrogen) atoms. The van der Waals surface area contributed by atoms with Crippen LogP contribution in [0, 0.1) is 13.8 Å². The Balaban J connectivity index is 1.56. The summed E-state index contributed by atoms with van der Waals surface area (Å²) in [5.74, 6) is 1.49. The highest BCUT2D eigenvalue weighted by molar-refractivity contribution is 5.77. The summed E-state index contributed by atoms with van der Waals surface area (Å²) in [5, 5.41) is 7.75. The lowest BCUT2D eigenvalue weighted by molar-refractivity contribution is -0.142. The van der Waals surface area contributed by atoms with Gasteiger partial charge in [0.2, 0.25) is 11.8 Å². The van der Waals surface area contributed by atoms with Crippen molar-refractivity contribution in [1.29, 1.82) is 0 Å². The van der Waals surface area contributed by atoms with Crippen molar-refractivity contribution < 1.29 is 18.7 Å². The smallest absolute Gasteiger partial charge is 0.260 e. The lowest BCUT2D eigenvalue weighted by atomic mass is 10.2. The van der Waals surface area contributed by atoms with Gasteiger partial charge in [0.1, 0.15) is 5.75 Å². The zero-order chi connectivity index (χ0) is 16.2. The van der Waals surface area contributed by atoms with Crippen molar-refractivity contribution in [1.82, 2.24) is 15.1 Å². The molecule has 122 valence electrons. The van der Waals surface area contributed by atoms with Crippen molar-refractivity contribution in [3.8, 4) is 5.75 Å². The van der Waals surface area contributed by atoms with Crippen LogP contribution >= 0.6 is 0 Å². The highest BCUT2D eigenvalue weighted by atomic mass is 16.5. The first-order valence-corrected chi connectivity index (χ1v) is 7.50. The number of hydrogen-bond donors (Lipinski definition) is 0. The number of nitrogens with zero attached hydrogens (tertiary/aromatic N) is 3. The lowest BCUT2D eigenvalue weighted by Gasteiger charge is -2.31. The van der Waals surface area contributed by atoms with Crippen LogP contribution in [0.2, 0.25) is 0 Å². The summed E-state index contributed by atoms with van der Waals surface area (Å²) in [6.07, 6.45) is -0.382. The van der Waals surface area contributed by atoms with Gasteiger partial charge in [0.05, 0.1) is 13.2 Å². The molecule has 1 amide bonds. The molecule has 1 fully saturated rings. The Bertz CT molecular complexity index is 685. The third-order valence-electron chi connectivity index (χ3n) is 3.59. The fourth-order valence-corrected chi connectivity index (χ4v) is 2.41. The maximum atomic E-state index is 12.3. The van der Waals surface area contributed by atoms with Gasteiger partial charge in [0, 0.05) is 13.5 Å². The van der Waals surface area contributed by atoms with Crippen molar-refractivity contribution in [2.45, 2.75) is 20.0 Å². The van der Waals surface area contributed by atoms with Crippen LogP contribution in [0.15, 0.2) is 28.7 Å². The van der Waals surface area contributed by atoms with E-state index in [0.717, 1.165) is 5.56 Å². The van der Waals surface area contributed by atoms with Crippen molar-refractivity contribution >= 4 is 5.91 Å². The van der Waals surface area contributed by atoms with E-state index in [1.165, 1.54) is 0 Å². The number of amides is 1. The van der Waals surface area contributed by atoms with Crippen LogP contribution in [0.3, 0.4) is 0 Å². The summed E-state index contributed by atoms with van der Waals surface area (Å²) in [6.45, 7) is 5.05. The maximum Gasteiger partial charge on any atom is 0.260 e. The molecule has 0 radical (unpaired) electrons. The largest absolute Gasteiger partial charge is 0.484 e. The number of aromatic nitrogens is 2. The van der Waals surface area contributed by atoms with Gasteiger partial charge in [-0.05, 0) is 24.6 Å². The summed E-state index contributed by atoms with van der Waals surface area (Å²) in [7, 11) is 0. The average molecular weight is 317 g/mol. The molecule has 0 spiro atoms. The lowest BCUT2D eigenvalue weighted by Crippen LogP contribution is -2.44.